The Balaban J connectivity index is 0.000000272. The molecule has 3 N–H and O–H groups in total. The van der Waals surface area contributed by atoms with Gasteiger partial charge in [-0.2, -0.15) is 0 Å². The molecule has 3 heterocycles. The van der Waals surface area contributed by atoms with E-state index < -0.39 is 0 Å². The van der Waals surface area contributed by atoms with Gasteiger partial charge in [0, 0.05) is 38.8 Å². The van der Waals surface area contributed by atoms with E-state index >= 15 is 0 Å². The first kappa shape index (κ1) is 16.2. The zero-order chi connectivity index (χ0) is 17.4. The predicted octanol–water partition coefficient (Wildman–Crippen LogP) is 4.20. The summed E-state index contributed by atoms with van der Waals surface area (Å²) in [7, 11) is 0. The van der Waals surface area contributed by atoms with E-state index in [1.807, 2.05) is 12.1 Å². The van der Waals surface area contributed by atoms with Crippen molar-refractivity contribution in [1.82, 2.24) is 10.3 Å². The third-order valence-electron chi connectivity index (χ3n) is 4.53. The van der Waals surface area contributed by atoms with Crippen molar-refractivity contribution in [2.75, 3.05) is 18.4 Å². The summed E-state index contributed by atoms with van der Waals surface area (Å²) in [5.74, 6) is -0.585. The number of benzene rings is 2. The molecule has 0 spiro atoms. The largest absolute Gasteiger partial charge is 0.361 e. The van der Waals surface area contributed by atoms with Gasteiger partial charge in [0.25, 0.3) is 5.91 Å². The second-order valence-corrected chi connectivity index (χ2v) is 6.64. The maximum Gasteiger partial charge on any atom is 0.257 e. The normalized spacial score (nSPS) is 15.2. The molecular weight excluding hydrogens is 337 g/mol. The maximum atomic E-state index is 14.0. The Kier molecular flexibility index (Phi) is 4.23. The topological polar surface area (TPSA) is 56.9 Å². The first-order chi connectivity index (χ1) is 12.2. The molecule has 0 radical (unpaired) electrons. The fourth-order valence-corrected chi connectivity index (χ4v) is 3.71. The summed E-state index contributed by atoms with van der Waals surface area (Å²) in [6, 6.07) is 8.38. The average Bonchev–Trinajstić information content (AvgIpc) is 3.36. The average molecular weight is 355 g/mol. The molecule has 1 aromatic heterocycles. The number of nitrogens with one attached hydrogen (secondary N) is 3. The second-order valence-electron chi connectivity index (χ2n) is 6.16. The van der Waals surface area contributed by atoms with Crippen molar-refractivity contribution in [3.8, 4) is 11.3 Å². The molecule has 5 rings (SSSR count). The number of hydrogen-bond acceptors (Lipinski definition) is 3. The quantitative estimate of drug-likeness (QED) is 0.495. The number of aromatic nitrogens is 1. The van der Waals surface area contributed by atoms with Crippen molar-refractivity contribution in [3.05, 3.63) is 47.9 Å². The Labute approximate surface area is 150 Å². The van der Waals surface area contributed by atoms with Crippen molar-refractivity contribution in [3.63, 3.8) is 0 Å². The van der Waals surface area contributed by atoms with Crippen LogP contribution in [0.15, 0.2) is 41.4 Å². The lowest BCUT2D eigenvalue weighted by molar-refractivity contribution is 0.103. The number of H-pyrrole nitrogens is 1. The molecule has 25 heavy (non-hydrogen) atoms. The summed E-state index contributed by atoms with van der Waals surface area (Å²) < 4.78 is 14.0. The van der Waals surface area contributed by atoms with Crippen LogP contribution in [-0.2, 0) is 0 Å². The van der Waals surface area contributed by atoms with Crippen LogP contribution >= 0.6 is 12.6 Å². The monoisotopic (exact) mass is 355 g/mol. The van der Waals surface area contributed by atoms with Crippen LogP contribution in [-0.4, -0.2) is 24.0 Å². The van der Waals surface area contributed by atoms with Gasteiger partial charge in [0.05, 0.1) is 5.56 Å². The van der Waals surface area contributed by atoms with E-state index in [9.17, 15) is 9.18 Å². The minimum absolute atomic E-state index is 0.214. The Hall–Kier alpha value is -2.31. The van der Waals surface area contributed by atoms with Crippen molar-refractivity contribution < 1.29 is 9.18 Å². The Morgan fingerprint density at radius 2 is 1.88 bits per heavy atom. The highest BCUT2D eigenvalue weighted by atomic mass is 32.1. The van der Waals surface area contributed by atoms with Gasteiger partial charge < -0.3 is 15.6 Å². The van der Waals surface area contributed by atoms with E-state index in [0.717, 1.165) is 11.3 Å². The molecule has 0 unspecified atom stereocenters. The van der Waals surface area contributed by atoms with Gasteiger partial charge in [-0.1, -0.05) is 0 Å². The fraction of sp³-hybridized carbons (Fsp3) is 0.211. The predicted molar refractivity (Wildman–Crippen MR) is 101 cm³/mol. The summed E-state index contributed by atoms with van der Waals surface area (Å²) in [6.07, 6.45) is 4.56. The summed E-state index contributed by atoms with van der Waals surface area (Å²) in [6.45, 7) is 2.50. The molecule has 0 atom stereocenters. The van der Waals surface area contributed by atoms with Crippen LogP contribution in [0.25, 0.3) is 22.0 Å². The Morgan fingerprint density at radius 1 is 1.08 bits per heavy atom. The van der Waals surface area contributed by atoms with Gasteiger partial charge in [0.2, 0.25) is 0 Å². The minimum atomic E-state index is -0.371. The molecule has 2 aliphatic heterocycles. The molecule has 2 aromatic carbocycles. The van der Waals surface area contributed by atoms with Gasteiger partial charge in [0.15, 0.2) is 0 Å². The van der Waals surface area contributed by atoms with E-state index in [-0.39, 0.29) is 11.7 Å². The lowest BCUT2D eigenvalue weighted by Crippen LogP contribution is -2.05. The first-order valence-corrected chi connectivity index (χ1v) is 8.75. The number of anilines is 1. The standard InChI is InChI=1S/C15H9FN2OS.C4H9N/c16-8-3-4-10-14-12(15(19)18-10)7(6-11(20)13(8)14)9-2-1-5-17-9;1-2-4-5-3-1/h1-6,17,20H,(H,18,19);5H,1-4H2. The smallest absolute Gasteiger partial charge is 0.257 e. The Morgan fingerprint density at radius 3 is 2.52 bits per heavy atom. The maximum absolute atomic E-state index is 14.0. The molecule has 128 valence electrons. The van der Waals surface area contributed by atoms with E-state index in [0.29, 0.717) is 26.9 Å². The number of rotatable bonds is 1. The molecule has 3 aromatic rings. The van der Waals surface area contributed by atoms with E-state index in [1.54, 1.807) is 18.3 Å². The zero-order valence-corrected chi connectivity index (χ0v) is 14.4. The summed E-state index contributed by atoms with van der Waals surface area (Å²) in [5, 5.41) is 6.98. The number of aromatic amines is 1. The van der Waals surface area contributed by atoms with Gasteiger partial charge >= 0.3 is 0 Å². The fourth-order valence-electron chi connectivity index (χ4n) is 3.36. The van der Waals surface area contributed by atoms with Gasteiger partial charge in [0.1, 0.15) is 5.82 Å². The van der Waals surface area contributed by atoms with E-state index in [4.69, 9.17) is 0 Å². The number of carbonyl (C=O) groups is 1. The number of amides is 1. The molecule has 1 amide bonds. The van der Waals surface area contributed by atoms with Crippen LogP contribution in [0, 0.1) is 5.82 Å². The number of thiol groups is 1. The van der Waals surface area contributed by atoms with Crippen LogP contribution in [0.3, 0.4) is 0 Å². The van der Waals surface area contributed by atoms with Crippen LogP contribution in [0.4, 0.5) is 10.1 Å². The van der Waals surface area contributed by atoms with E-state index in [2.05, 4.69) is 28.2 Å². The zero-order valence-electron chi connectivity index (χ0n) is 13.5. The molecule has 2 aliphatic rings. The number of hydrogen-bond donors (Lipinski definition) is 4. The second kappa shape index (κ2) is 6.54. The first-order valence-electron chi connectivity index (χ1n) is 8.31. The molecule has 1 saturated heterocycles. The highest BCUT2D eigenvalue weighted by Crippen LogP contribution is 2.42. The van der Waals surface area contributed by atoms with Crippen molar-refractivity contribution in [1.29, 1.82) is 0 Å². The molecule has 4 nitrogen and oxygen atoms in total. The molecule has 0 saturated carbocycles. The molecule has 0 aliphatic carbocycles. The van der Waals surface area contributed by atoms with Crippen LogP contribution in [0.5, 0.6) is 0 Å². The van der Waals surface area contributed by atoms with Crippen molar-refractivity contribution in [2.45, 2.75) is 17.7 Å². The molecule has 1 fully saturated rings. The van der Waals surface area contributed by atoms with Gasteiger partial charge in [-0.05, 0) is 56.3 Å². The third kappa shape index (κ3) is 2.81. The van der Waals surface area contributed by atoms with Gasteiger partial charge in [-0.3, -0.25) is 4.79 Å². The lowest BCUT2D eigenvalue weighted by Gasteiger charge is -2.09. The lowest BCUT2D eigenvalue weighted by atomic mass is 9.97. The summed E-state index contributed by atoms with van der Waals surface area (Å²) >= 11 is 4.38. The molecule has 6 heteroatoms. The van der Waals surface area contributed by atoms with Gasteiger partial charge in [-0.15, -0.1) is 12.6 Å². The van der Waals surface area contributed by atoms with Crippen LogP contribution in [0.1, 0.15) is 23.2 Å². The van der Waals surface area contributed by atoms with Crippen molar-refractivity contribution >= 4 is 35.0 Å². The summed E-state index contributed by atoms with van der Waals surface area (Å²) in [5.41, 5.74) is 2.67. The highest BCUT2D eigenvalue weighted by molar-refractivity contribution is 7.80. The molecule has 0 bridgehead atoms. The number of carbonyl (C=O) groups excluding carboxylic acids is 1. The molecular formula is C19H18FN3OS. The van der Waals surface area contributed by atoms with Crippen LogP contribution < -0.4 is 10.6 Å². The SMILES string of the molecule is C1CCNC1.O=C1Nc2ccc(F)c3c(S)cc(-c4ccc[nH]4)c1c23. The summed E-state index contributed by atoms with van der Waals surface area (Å²) in [4.78, 5) is 15.8. The van der Waals surface area contributed by atoms with Crippen LogP contribution in [0.2, 0.25) is 0 Å². The Bertz CT molecular complexity index is 942. The van der Waals surface area contributed by atoms with Crippen molar-refractivity contribution in [2.24, 2.45) is 0 Å². The number of halogens is 1. The highest BCUT2D eigenvalue weighted by Gasteiger charge is 2.28. The van der Waals surface area contributed by atoms with E-state index in [1.165, 1.54) is 32.0 Å². The third-order valence-corrected chi connectivity index (χ3v) is 4.88. The minimum Gasteiger partial charge on any atom is -0.361 e. The van der Waals surface area contributed by atoms with Gasteiger partial charge in [-0.25, -0.2) is 4.39 Å².